The second kappa shape index (κ2) is 13.5. The van der Waals surface area contributed by atoms with Crippen molar-refractivity contribution in [3.8, 4) is 23.0 Å². The maximum Gasteiger partial charge on any atom is 0.407 e. The van der Waals surface area contributed by atoms with Crippen LogP contribution in [0.3, 0.4) is 0 Å². The lowest BCUT2D eigenvalue weighted by Crippen LogP contribution is -2.56. The third-order valence-corrected chi connectivity index (χ3v) is 6.82. The Morgan fingerprint density at radius 1 is 0.900 bits per heavy atom. The number of carbonyl (C=O) groups excluding carboxylic acids is 2. The number of carboxylic acid groups (broad SMARTS) is 1. The lowest BCUT2D eigenvalue weighted by Gasteiger charge is -2.26. The Kier molecular flexibility index (Phi) is 9.55. The number of hydrogen-bond acceptors (Lipinski definition) is 5. The number of aliphatic carboxylic acids is 1. The van der Waals surface area contributed by atoms with E-state index in [4.69, 9.17) is 9.47 Å². The SMILES string of the molecule is CC#CCC(NC(=O)[C@H](NC(=O)OCC1c2ccccc2-c2ccccc21)[C@H](C)OCc1ccccc1)C(=O)O. The van der Waals surface area contributed by atoms with Crippen LogP contribution < -0.4 is 10.6 Å². The van der Waals surface area contributed by atoms with E-state index >= 15 is 0 Å². The van der Waals surface area contributed by atoms with Crippen LogP contribution >= 0.6 is 0 Å². The lowest BCUT2D eigenvalue weighted by atomic mass is 9.98. The van der Waals surface area contributed by atoms with E-state index in [-0.39, 0.29) is 25.6 Å². The van der Waals surface area contributed by atoms with Gasteiger partial charge in [-0.3, -0.25) is 4.79 Å². The molecule has 1 aliphatic carbocycles. The Bertz CT molecular complexity index is 1370. The summed E-state index contributed by atoms with van der Waals surface area (Å²) in [5.41, 5.74) is 5.21. The molecule has 3 N–H and O–H groups in total. The molecule has 8 nitrogen and oxygen atoms in total. The van der Waals surface area contributed by atoms with Crippen molar-refractivity contribution in [2.75, 3.05) is 6.61 Å². The van der Waals surface area contributed by atoms with E-state index in [2.05, 4.69) is 22.5 Å². The Morgan fingerprint density at radius 2 is 1.50 bits per heavy atom. The second-order valence-corrected chi connectivity index (χ2v) is 9.48. The molecule has 206 valence electrons. The summed E-state index contributed by atoms with van der Waals surface area (Å²) in [5.74, 6) is 3.21. The van der Waals surface area contributed by atoms with Crippen LogP contribution in [-0.2, 0) is 25.7 Å². The van der Waals surface area contributed by atoms with Gasteiger partial charge in [-0.15, -0.1) is 11.8 Å². The van der Waals surface area contributed by atoms with E-state index in [9.17, 15) is 19.5 Å². The summed E-state index contributed by atoms with van der Waals surface area (Å²) in [6, 6.07) is 22.9. The smallest absolute Gasteiger partial charge is 0.407 e. The molecule has 0 spiro atoms. The molecular formula is C32H32N2O6. The minimum atomic E-state index is -1.24. The molecule has 0 heterocycles. The number of carboxylic acids is 1. The molecule has 0 radical (unpaired) electrons. The summed E-state index contributed by atoms with van der Waals surface area (Å²) in [5, 5.41) is 14.6. The highest BCUT2D eigenvalue weighted by atomic mass is 16.5. The molecule has 1 unspecified atom stereocenters. The molecule has 0 saturated carbocycles. The maximum absolute atomic E-state index is 13.2. The molecule has 4 rings (SSSR count). The zero-order valence-electron chi connectivity index (χ0n) is 22.4. The molecule has 2 amide bonds. The van der Waals surface area contributed by atoms with Gasteiger partial charge in [-0.25, -0.2) is 9.59 Å². The topological polar surface area (TPSA) is 114 Å². The second-order valence-electron chi connectivity index (χ2n) is 9.48. The summed E-state index contributed by atoms with van der Waals surface area (Å²) < 4.78 is 11.5. The number of rotatable bonds is 11. The average molecular weight is 541 g/mol. The van der Waals surface area contributed by atoms with E-state index < -0.39 is 36.2 Å². The highest BCUT2D eigenvalue weighted by Gasteiger charge is 2.33. The van der Waals surface area contributed by atoms with Crippen LogP contribution in [0, 0.1) is 11.8 Å². The maximum atomic E-state index is 13.2. The fourth-order valence-corrected chi connectivity index (χ4v) is 4.73. The van der Waals surface area contributed by atoms with Crippen molar-refractivity contribution in [2.45, 2.75) is 51.0 Å². The highest BCUT2D eigenvalue weighted by molar-refractivity contribution is 5.90. The number of hydrogen-bond donors (Lipinski definition) is 3. The van der Waals surface area contributed by atoms with E-state index in [0.29, 0.717) is 0 Å². The fraction of sp³-hybridized carbons (Fsp3) is 0.281. The minimum absolute atomic E-state index is 0.0668. The first-order chi connectivity index (χ1) is 19.4. The molecule has 0 bridgehead atoms. The van der Waals surface area contributed by atoms with Gasteiger partial charge in [0.25, 0.3) is 0 Å². The van der Waals surface area contributed by atoms with Gasteiger partial charge in [-0.2, -0.15) is 0 Å². The van der Waals surface area contributed by atoms with Crippen molar-refractivity contribution in [2.24, 2.45) is 0 Å². The van der Waals surface area contributed by atoms with E-state index in [1.165, 1.54) is 0 Å². The number of ether oxygens (including phenoxy) is 2. The van der Waals surface area contributed by atoms with Gasteiger partial charge in [0.2, 0.25) is 5.91 Å². The molecule has 8 heteroatoms. The molecule has 3 aromatic rings. The van der Waals surface area contributed by atoms with Crippen LogP contribution in [0.5, 0.6) is 0 Å². The standard InChI is InChI=1S/C32H32N2O6/c1-3-4-18-28(31(36)37)33-30(35)29(21(2)39-19-22-12-6-5-7-13-22)34-32(38)40-20-27-25-16-10-8-14-23(25)24-15-9-11-17-26(24)27/h5-17,21,27-29H,18-20H2,1-2H3,(H,33,35)(H,34,38)(H,36,37)/t21-,28?,29+/m0/s1. The van der Waals surface area contributed by atoms with Crippen molar-refractivity contribution in [1.29, 1.82) is 0 Å². The molecule has 0 fully saturated rings. The quantitative estimate of drug-likeness (QED) is 0.309. The van der Waals surface area contributed by atoms with Gasteiger partial charge in [0.05, 0.1) is 12.7 Å². The Morgan fingerprint density at radius 3 is 2.10 bits per heavy atom. The Labute approximate surface area is 233 Å². The number of carbonyl (C=O) groups is 3. The number of alkyl carbamates (subject to hydrolysis) is 1. The number of fused-ring (bicyclic) bond motifs is 3. The highest BCUT2D eigenvalue weighted by Crippen LogP contribution is 2.44. The van der Waals surface area contributed by atoms with Crippen LogP contribution in [-0.4, -0.2) is 47.9 Å². The third kappa shape index (κ3) is 6.87. The van der Waals surface area contributed by atoms with Crippen LogP contribution in [0.1, 0.15) is 42.9 Å². The van der Waals surface area contributed by atoms with Crippen molar-refractivity contribution < 1.29 is 29.0 Å². The normalized spacial score (nSPS) is 13.9. The molecule has 1 aliphatic rings. The molecule has 0 saturated heterocycles. The Balaban J connectivity index is 1.46. The summed E-state index contributed by atoms with van der Waals surface area (Å²) in [4.78, 5) is 37.9. The van der Waals surface area contributed by atoms with Gasteiger partial charge in [-0.1, -0.05) is 78.9 Å². The number of benzene rings is 3. The van der Waals surface area contributed by atoms with Crippen LogP contribution in [0.2, 0.25) is 0 Å². The van der Waals surface area contributed by atoms with Gasteiger partial charge in [0, 0.05) is 12.3 Å². The number of amides is 2. The fourth-order valence-electron chi connectivity index (χ4n) is 4.73. The molecular weight excluding hydrogens is 508 g/mol. The van der Waals surface area contributed by atoms with Crippen molar-refractivity contribution in [3.63, 3.8) is 0 Å². The van der Waals surface area contributed by atoms with Crippen molar-refractivity contribution in [3.05, 3.63) is 95.6 Å². The molecule has 3 aromatic carbocycles. The molecule has 0 aliphatic heterocycles. The largest absolute Gasteiger partial charge is 0.480 e. The van der Waals surface area contributed by atoms with E-state index in [0.717, 1.165) is 27.8 Å². The van der Waals surface area contributed by atoms with Gasteiger partial charge in [0.15, 0.2) is 0 Å². The minimum Gasteiger partial charge on any atom is -0.480 e. The monoisotopic (exact) mass is 540 g/mol. The first-order valence-corrected chi connectivity index (χ1v) is 13.1. The predicted molar refractivity (Wildman–Crippen MR) is 150 cm³/mol. The van der Waals surface area contributed by atoms with Crippen LogP contribution in [0.4, 0.5) is 4.79 Å². The molecule has 40 heavy (non-hydrogen) atoms. The molecule has 3 atom stereocenters. The predicted octanol–water partition coefficient (Wildman–Crippen LogP) is 4.48. The van der Waals surface area contributed by atoms with E-state index in [1.807, 2.05) is 78.9 Å². The number of nitrogens with one attached hydrogen (secondary N) is 2. The Hall–Kier alpha value is -4.61. The van der Waals surface area contributed by atoms with Gasteiger partial charge < -0.3 is 25.2 Å². The summed E-state index contributed by atoms with van der Waals surface area (Å²) in [6.45, 7) is 3.49. The average Bonchev–Trinajstić information content (AvgIpc) is 3.29. The first kappa shape index (κ1) is 28.4. The summed E-state index contributed by atoms with van der Waals surface area (Å²) in [6.07, 6.45) is -1.68. The van der Waals surface area contributed by atoms with Crippen LogP contribution in [0.15, 0.2) is 78.9 Å². The van der Waals surface area contributed by atoms with Crippen LogP contribution in [0.25, 0.3) is 11.1 Å². The van der Waals surface area contributed by atoms with Crippen molar-refractivity contribution >= 4 is 18.0 Å². The summed E-state index contributed by atoms with van der Waals surface area (Å²) in [7, 11) is 0. The zero-order chi connectivity index (χ0) is 28.5. The van der Waals surface area contributed by atoms with Gasteiger partial charge >= 0.3 is 12.1 Å². The molecule has 0 aromatic heterocycles. The first-order valence-electron chi connectivity index (χ1n) is 13.1. The zero-order valence-corrected chi connectivity index (χ0v) is 22.4. The lowest BCUT2D eigenvalue weighted by molar-refractivity contribution is -0.142. The van der Waals surface area contributed by atoms with E-state index in [1.54, 1.807) is 13.8 Å². The van der Waals surface area contributed by atoms with Crippen molar-refractivity contribution in [1.82, 2.24) is 10.6 Å². The third-order valence-electron chi connectivity index (χ3n) is 6.82. The van der Waals surface area contributed by atoms with Gasteiger partial charge in [-0.05, 0) is 41.7 Å². The van der Waals surface area contributed by atoms with Gasteiger partial charge in [0.1, 0.15) is 18.7 Å². The summed E-state index contributed by atoms with van der Waals surface area (Å²) >= 11 is 0.